The van der Waals surface area contributed by atoms with Crippen LogP contribution in [0.25, 0.3) is 5.82 Å². The van der Waals surface area contributed by atoms with Gasteiger partial charge in [-0.25, -0.2) is 4.68 Å². The molecule has 0 saturated heterocycles. The van der Waals surface area contributed by atoms with E-state index in [1.807, 2.05) is 29.9 Å². The molecule has 0 saturated carbocycles. The Kier molecular flexibility index (Phi) is 3.82. The van der Waals surface area contributed by atoms with Gasteiger partial charge in [0.25, 0.3) is 0 Å². The lowest BCUT2D eigenvalue weighted by Crippen LogP contribution is -2.14. The molecule has 0 spiro atoms. The molecule has 5 heteroatoms. The lowest BCUT2D eigenvalue weighted by Gasteiger charge is -2.04. The standard InChI is InChI=1S/C12H17N5/c1-3-6-13-8-11-9-15-17(10(11)2)12-5-4-7-14-16-12/h4-5,7,9,13H,3,6,8H2,1-2H3. The third-order valence-corrected chi connectivity index (χ3v) is 2.63. The van der Waals surface area contributed by atoms with Crippen molar-refractivity contribution >= 4 is 0 Å². The fourth-order valence-corrected chi connectivity index (χ4v) is 1.65. The molecule has 90 valence electrons. The second-order valence-corrected chi connectivity index (χ2v) is 3.93. The quantitative estimate of drug-likeness (QED) is 0.792. The zero-order valence-corrected chi connectivity index (χ0v) is 10.2. The van der Waals surface area contributed by atoms with Crippen molar-refractivity contribution in [2.24, 2.45) is 0 Å². The number of aromatic nitrogens is 4. The Morgan fingerprint density at radius 3 is 3.00 bits per heavy atom. The highest BCUT2D eigenvalue weighted by atomic mass is 15.3. The summed E-state index contributed by atoms with van der Waals surface area (Å²) in [7, 11) is 0. The number of rotatable bonds is 5. The van der Waals surface area contributed by atoms with Crippen molar-refractivity contribution in [1.82, 2.24) is 25.3 Å². The average molecular weight is 231 g/mol. The summed E-state index contributed by atoms with van der Waals surface area (Å²) in [6.07, 6.45) is 4.68. The Hall–Kier alpha value is -1.75. The van der Waals surface area contributed by atoms with Crippen LogP contribution < -0.4 is 5.32 Å². The summed E-state index contributed by atoms with van der Waals surface area (Å²) < 4.78 is 1.82. The first kappa shape index (κ1) is 11.7. The maximum absolute atomic E-state index is 4.34. The second-order valence-electron chi connectivity index (χ2n) is 3.93. The maximum atomic E-state index is 4.34. The van der Waals surface area contributed by atoms with Crippen molar-refractivity contribution in [1.29, 1.82) is 0 Å². The summed E-state index contributed by atoms with van der Waals surface area (Å²) in [6, 6.07) is 3.76. The summed E-state index contributed by atoms with van der Waals surface area (Å²) in [5, 5.41) is 15.6. The van der Waals surface area contributed by atoms with Gasteiger partial charge in [0.2, 0.25) is 0 Å². The highest BCUT2D eigenvalue weighted by Crippen LogP contribution is 2.11. The maximum Gasteiger partial charge on any atom is 0.175 e. The van der Waals surface area contributed by atoms with Crippen molar-refractivity contribution < 1.29 is 0 Å². The molecule has 1 N–H and O–H groups in total. The summed E-state index contributed by atoms with van der Waals surface area (Å²) in [4.78, 5) is 0. The summed E-state index contributed by atoms with van der Waals surface area (Å²) >= 11 is 0. The van der Waals surface area contributed by atoms with Gasteiger partial charge in [-0.1, -0.05) is 6.92 Å². The zero-order valence-electron chi connectivity index (χ0n) is 10.2. The first-order valence-electron chi connectivity index (χ1n) is 5.85. The van der Waals surface area contributed by atoms with Gasteiger partial charge in [0, 0.05) is 24.0 Å². The number of hydrogen-bond donors (Lipinski definition) is 1. The van der Waals surface area contributed by atoms with E-state index in [1.165, 1.54) is 5.56 Å². The molecule has 0 unspecified atom stereocenters. The topological polar surface area (TPSA) is 55.6 Å². The molecule has 0 aliphatic carbocycles. The zero-order chi connectivity index (χ0) is 12.1. The van der Waals surface area contributed by atoms with E-state index in [0.717, 1.165) is 31.0 Å². The van der Waals surface area contributed by atoms with Crippen LogP contribution in [-0.2, 0) is 6.54 Å². The fourth-order valence-electron chi connectivity index (χ4n) is 1.65. The summed E-state index contributed by atoms with van der Waals surface area (Å²) in [6.45, 7) is 6.07. The van der Waals surface area contributed by atoms with E-state index < -0.39 is 0 Å². The lowest BCUT2D eigenvalue weighted by atomic mass is 10.2. The minimum absolute atomic E-state index is 0.756. The predicted octanol–water partition coefficient (Wildman–Crippen LogP) is 1.47. The van der Waals surface area contributed by atoms with E-state index in [2.05, 4.69) is 27.5 Å². The van der Waals surface area contributed by atoms with Crippen LogP contribution in [0.3, 0.4) is 0 Å². The van der Waals surface area contributed by atoms with E-state index in [0.29, 0.717) is 0 Å². The molecule has 2 aromatic heterocycles. The number of nitrogens with one attached hydrogen (secondary N) is 1. The van der Waals surface area contributed by atoms with Crippen molar-refractivity contribution in [3.8, 4) is 5.82 Å². The van der Waals surface area contributed by atoms with Gasteiger partial charge in [0.15, 0.2) is 5.82 Å². The van der Waals surface area contributed by atoms with Crippen LogP contribution in [0.15, 0.2) is 24.5 Å². The van der Waals surface area contributed by atoms with Crippen LogP contribution in [0.4, 0.5) is 0 Å². The van der Waals surface area contributed by atoms with Crippen LogP contribution in [0.1, 0.15) is 24.6 Å². The number of nitrogens with zero attached hydrogens (tertiary/aromatic N) is 4. The largest absolute Gasteiger partial charge is 0.313 e. The molecule has 0 radical (unpaired) electrons. The first-order valence-corrected chi connectivity index (χ1v) is 5.85. The Balaban J connectivity index is 2.15. The molecule has 5 nitrogen and oxygen atoms in total. The van der Waals surface area contributed by atoms with Gasteiger partial charge < -0.3 is 5.32 Å². The summed E-state index contributed by atoms with van der Waals surface area (Å²) in [5.74, 6) is 0.756. The molecule has 0 aliphatic heterocycles. The van der Waals surface area contributed by atoms with E-state index in [1.54, 1.807) is 6.20 Å². The average Bonchev–Trinajstić information content (AvgIpc) is 2.73. The van der Waals surface area contributed by atoms with E-state index in [-0.39, 0.29) is 0 Å². The molecule has 0 aliphatic rings. The van der Waals surface area contributed by atoms with Crippen LogP contribution in [0.2, 0.25) is 0 Å². The lowest BCUT2D eigenvalue weighted by molar-refractivity contribution is 0.672. The van der Waals surface area contributed by atoms with Gasteiger partial charge in [0.05, 0.1) is 6.20 Å². The molecule has 0 bridgehead atoms. The third-order valence-electron chi connectivity index (χ3n) is 2.63. The first-order chi connectivity index (χ1) is 8.33. The monoisotopic (exact) mass is 231 g/mol. The van der Waals surface area contributed by atoms with Crippen LogP contribution in [0, 0.1) is 6.92 Å². The van der Waals surface area contributed by atoms with Gasteiger partial charge in [-0.15, -0.1) is 5.10 Å². The van der Waals surface area contributed by atoms with Crippen molar-refractivity contribution in [3.63, 3.8) is 0 Å². The molecule has 17 heavy (non-hydrogen) atoms. The van der Waals surface area contributed by atoms with Crippen LogP contribution in [-0.4, -0.2) is 26.5 Å². The SMILES string of the molecule is CCCNCc1cnn(-c2cccnn2)c1C. The Bertz CT molecular complexity index is 463. The molecule has 2 rings (SSSR count). The van der Waals surface area contributed by atoms with Gasteiger partial charge in [0.1, 0.15) is 0 Å². The molecule has 0 atom stereocenters. The van der Waals surface area contributed by atoms with Gasteiger partial charge in [-0.05, 0) is 32.0 Å². The molecule has 2 aromatic rings. The van der Waals surface area contributed by atoms with Gasteiger partial charge >= 0.3 is 0 Å². The molecule has 0 amide bonds. The highest BCUT2D eigenvalue weighted by molar-refractivity contribution is 5.26. The minimum Gasteiger partial charge on any atom is -0.313 e. The van der Waals surface area contributed by atoms with Gasteiger partial charge in [-0.2, -0.15) is 10.2 Å². The molecular weight excluding hydrogens is 214 g/mol. The van der Waals surface area contributed by atoms with E-state index >= 15 is 0 Å². The molecule has 0 aromatic carbocycles. The van der Waals surface area contributed by atoms with Crippen molar-refractivity contribution in [2.75, 3.05) is 6.54 Å². The Morgan fingerprint density at radius 1 is 1.41 bits per heavy atom. The second kappa shape index (κ2) is 5.54. The minimum atomic E-state index is 0.756. The highest BCUT2D eigenvalue weighted by Gasteiger charge is 2.08. The molecular formula is C12H17N5. The van der Waals surface area contributed by atoms with Crippen molar-refractivity contribution in [3.05, 3.63) is 35.8 Å². The van der Waals surface area contributed by atoms with E-state index in [9.17, 15) is 0 Å². The Labute approximate surface area is 101 Å². The molecule has 2 heterocycles. The fraction of sp³-hybridized carbons (Fsp3) is 0.417. The van der Waals surface area contributed by atoms with Gasteiger partial charge in [-0.3, -0.25) is 0 Å². The summed E-state index contributed by atoms with van der Waals surface area (Å²) in [5.41, 5.74) is 2.30. The third kappa shape index (κ3) is 2.68. The van der Waals surface area contributed by atoms with E-state index in [4.69, 9.17) is 0 Å². The normalized spacial score (nSPS) is 10.7. The van der Waals surface area contributed by atoms with Crippen LogP contribution >= 0.6 is 0 Å². The smallest absolute Gasteiger partial charge is 0.175 e. The number of hydrogen-bond acceptors (Lipinski definition) is 4. The van der Waals surface area contributed by atoms with Crippen molar-refractivity contribution in [2.45, 2.75) is 26.8 Å². The Morgan fingerprint density at radius 2 is 2.29 bits per heavy atom. The van der Waals surface area contributed by atoms with Crippen LogP contribution in [0.5, 0.6) is 0 Å². The molecule has 0 fully saturated rings. The predicted molar refractivity (Wildman–Crippen MR) is 65.9 cm³/mol.